The smallest absolute Gasteiger partial charge is 0.255 e. The molecule has 24 heavy (non-hydrogen) atoms. The Bertz CT molecular complexity index is 634. The lowest BCUT2D eigenvalue weighted by Gasteiger charge is -2.21. The number of carbonyl (C=O) groups is 1. The van der Waals surface area contributed by atoms with Gasteiger partial charge in [0.1, 0.15) is 5.75 Å². The van der Waals surface area contributed by atoms with Gasteiger partial charge in [-0.25, -0.2) is 0 Å². The van der Waals surface area contributed by atoms with Crippen LogP contribution < -0.4 is 10.1 Å². The highest BCUT2D eigenvalue weighted by Gasteiger charge is 2.13. The van der Waals surface area contributed by atoms with Crippen LogP contribution in [-0.2, 0) is 0 Å². The number of hydrogen-bond acceptors (Lipinski definition) is 3. The molecule has 1 aliphatic carbocycles. The van der Waals surface area contributed by atoms with Crippen LogP contribution in [0.1, 0.15) is 48.9 Å². The van der Waals surface area contributed by atoms with Crippen LogP contribution in [0.4, 0.5) is 5.69 Å². The molecule has 126 valence electrons. The van der Waals surface area contributed by atoms with Gasteiger partial charge in [-0.15, -0.1) is 0 Å². The maximum absolute atomic E-state index is 12.1. The van der Waals surface area contributed by atoms with Crippen LogP contribution in [0.2, 0.25) is 0 Å². The van der Waals surface area contributed by atoms with Gasteiger partial charge < -0.3 is 10.1 Å². The predicted molar refractivity (Wildman–Crippen MR) is 95.3 cm³/mol. The Hall–Kier alpha value is -2.36. The van der Waals surface area contributed by atoms with Gasteiger partial charge in [-0.3, -0.25) is 9.78 Å². The topological polar surface area (TPSA) is 51.2 Å². The van der Waals surface area contributed by atoms with Crippen LogP contribution >= 0.6 is 0 Å². The molecule has 0 spiro atoms. The number of ether oxygens (including phenoxy) is 1. The molecule has 1 fully saturated rings. The molecule has 1 aromatic heterocycles. The summed E-state index contributed by atoms with van der Waals surface area (Å²) >= 11 is 0. The Balaban J connectivity index is 1.45. The van der Waals surface area contributed by atoms with Gasteiger partial charge in [0.05, 0.1) is 6.61 Å². The molecule has 0 bridgehead atoms. The zero-order valence-electron chi connectivity index (χ0n) is 13.9. The average Bonchev–Trinajstić information content (AvgIpc) is 2.65. The Morgan fingerprint density at radius 3 is 2.46 bits per heavy atom. The molecule has 1 amide bonds. The highest BCUT2D eigenvalue weighted by molar-refractivity contribution is 6.04. The van der Waals surface area contributed by atoms with Gasteiger partial charge in [-0.2, -0.15) is 0 Å². The van der Waals surface area contributed by atoms with E-state index in [0.717, 1.165) is 30.4 Å². The quantitative estimate of drug-likeness (QED) is 0.839. The highest BCUT2D eigenvalue weighted by atomic mass is 16.5. The second-order valence-electron chi connectivity index (χ2n) is 6.36. The van der Waals surface area contributed by atoms with Crippen molar-refractivity contribution in [3.63, 3.8) is 0 Å². The van der Waals surface area contributed by atoms with Crippen molar-refractivity contribution in [1.82, 2.24) is 4.98 Å². The van der Waals surface area contributed by atoms with Crippen molar-refractivity contribution in [2.75, 3.05) is 11.9 Å². The number of pyridine rings is 1. The number of hydrogen-bond donors (Lipinski definition) is 1. The number of amides is 1. The molecule has 3 rings (SSSR count). The number of rotatable bonds is 6. The van der Waals surface area contributed by atoms with Crippen molar-refractivity contribution < 1.29 is 9.53 Å². The van der Waals surface area contributed by atoms with E-state index in [4.69, 9.17) is 4.74 Å². The summed E-state index contributed by atoms with van der Waals surface area (Å²) in [4.78, 5) is 16.0. The minimum Gasteiger partial charge on any atom is -0.494 e. The molecular formula is C20H24N2O2. The molecule has 2 aromatic rings. The van der Waals surface area contributed by atoms with Crippen LogP contribution in [0, 0.1) is 5.92 Å². The lowest BCUT2D eigenvalue weighted by atomic mass is 9.87. The largest absolute Gasteiger partial charge is 0.494 e. The maximum Gasteiger partial charge on any atom is 0.255 e. The van der Waals surface area contributed by atoms with Gasteiger partial charge in [0, 0.05) is 23.6 Å². The summed E-state index contributed by atoms with van der Waals surface area (Å²) in [6.45, 7) is 0.771. The first kappa shape index (κ1) is 16.5. The molecule has 1 N–H and O–H groups in total. The van der Waals surface area contributed by atoms with Crippen molar-refractivity contribution in [2.24, 2.45) is 5.92 Å². The fraction of sp³-hybridized carbons (Fsp3) is 0.400. The number of nitrogens with zero attached hydrogens (tertiary/aromatic N) is 1. The van der Waals surface area contributed by atoms with Gasteiger partial charge >= 0.3 is 0 Å². The van der Waals surface area contributed by atoms with E-state index in [9.17, 15) is 4.79 Å². The number of nitrogens with one attached hydrogen (secondary N) is 1. The van der Waals surface area contributed by atoms with E-state index in [1.54, 1.807) is 24.5 Å². The van der Waals surface area contributed by atoms with Gasteiger partial charge in [0.15, 0.2) is 0 Å². The molecule has 0 saturated heterocycles. The SMILES string of the molecule is O=C(Nc1ccc(OCCC2CCCCC2)cc1)c1ccncc1. The minimum atomic E-state index is -0.136. The van der Waals surface area contributed by atoms with E-state index >= 15 is 0 Å². The van der Waals surface area contributed by atoms with Crippen LogP contribution in [-0.4, -0.2) is 17.5 Å². The number of aromatic nitrogens is 1. The number of anilines is 1. The highest BCUT2D eigenvalue weighted by Crippen LogP contribution is 2.26. The second-order valence-corrected chi connectivity index (χ2v) is 6.36. The van der Waals surface area contributed by atoms with Crippen molar-refractivity contribution in [2.45, 2.75) is 38.5 Å². The number of benzene rings is 1. The molecule has 1 saturated carbocycles. The Morgan fingerprint density at radius 1 is 1.04 bits per heavy atom. The van der Waals surface area contributed by atoms with Crippen LogP contribution in [0.25, 0.3) is 0 Å². The monoisotopic (exact) mass is 324 g/mol. The second kappa shape index (κ2) is 8.48. The molecule has 1 heterocycles. The molecular weight excluding hydrogens is 300 g/mol. The Kier molecular flexibility index (Phi) is 5.83. The fourth-order valence-corrected chi connectivity index (χ4v) is 3.16. The molecule has 0 radical (unpaired) electrons. The average molecular weight is 324 g/mol. The van der Waals surface area contributed by atoms with E-state index in [1.165, 1.54) is 32.1 Å². The normalized spacial score (nSPS) is 15.0. The summed E-state index contributed by atoms with van der Waals surface area (Å²) in [5.41, 5.74) is 1.36. The third-order valence-electron chi connectivity index (χ3n) is 4.57. The predicted octanol–water partition coefficient (Wildman–Crippen LogP) is 4.68. The summed E-state index contributed by atoms with van der Waals surface area (Å²) < 4.78 is 5.83. The van der Waals surface area contributed by atoms with Gasteiger partial charge in [0.2, 0.25) is 0 Å². The van der Waals surface area contributed by atoms with E-state index in [1.807, 2.05) is 24.3 Å². The van der Waals surface area contributed by atoms with Gasteiger partial charge in [0.25, 0.3) is 5.91 Å². The maximum atomic E-state index is 12.1. The summed E-state index contributed by atoms with van der Waals surface area (Å²) in [5, 5.41) is 2.87. The first-order chi connectivity index (χ1) is 11.8. The van der Waals surface area contributed by atoms with Gasteiger partial charge in [-0.05, 0) is 48.7 Å². The lowest BCUT2D eigenvalue weighted by Crippen LogP contribution is -2.12. The van der Waals surface area contributed by atoms with Crippen LogP contribution in [0.5, 0.6) is 5.75 Å². The zero-order valence-corrected chi connectivity index (χ0v) is 13.9. The van der Waals surface area contributed by atoms with Crippen molar-refractivity contribution in [1.29, 1.82) is 0 Å². The van der Waals surface area contributed by atoms with E-state index in [0.29, 0.717) is 5.56 Å². The molecule has 4 nitrogen and oxygen atoms in total. The molecule has 0 unspecified atom stereocenters. The van der Waals surface area contributed by atoms with Crippen LogP contribution in [0.3, 0.4) is 0 Å². The fourth-order valence-electron chi connectivity index (χ4n) is 3.16. The van der Waals surface area contributed by atoms with E-state index in [2.05, 4.69) is 10.3 Å². The lowest BCUT2D eigenvalue weighted by molar-refractivity contribution is 0.102. The summed E-state index contributed by atoms with van der Waals surface area (Å²) in [5.74, 6) is 1.55. The third kappa shape index (κ3) is 4.82. The van der Waals surface area contributed by atoms with Crippen molar-refractivity contribution in [3.8, 4) is 5.75 Å². The van der Waals surface area contributed by atoms with E-state index in [-0.39, 0.29) is 5.91 Å². The summed E-state index contributed by atoms with van der Waals surface area (Å²) in [6.07, 6.45) is 11.2. The minimum absolute atomic E-state index is 0.136. The standard InChI is InChI=1S/C20H24N2O2/c23-20(17-10-13-21-14-11-17)22-18-6-8-19(9-7-18)24-15-12-16-4-2-1-3-5-16/h6-11,13-14,16H,1-5,12,15H2,(H,22,23). The molecule has 0 aliphatic heterocycles. The number of carbonyl (C=O) groups excluding carboxylic acids is 1. The molecule has 4 heteroatoms. The summed E-state index contributed by atoms with van der Waals surface area (Å²) in [6, 6.07) is 10.9. The molecule has 0 atom stereocenters. The Labute approximate surface area is 143 Å². The van der Waals surface area contributed by atoms with Crippen LogP contribution in [0.15, 0.2) is 48.8 Å². The Morgan fingerprint density at radius 2 is 1.75 bits per heavy atom. The first-order valence-corrected chi connectivity index (χ1v) is 8.75. The first-order valence-electron chi connectivity index (χ1n) is 8.75. The van der Waals surface area contributed by atoms with E-state index < -0.39 is 0 Å². The van der Waals surface area contributed by atoms with Crippen molar-refractivity contribution >= 4 is 11.6 Å². The van der Waals surface area contributed by atoms with Crippen molar-refractivity contribution in [3.05, 3.63) is 54.4 Å². The summed E-state index contributed by atoms with van der Waals surface area (Å²) in [7, 11) is 0. The molecule has 1 aromatic carbocycles. The van der Waals surface area contributed by atoms with Gasteiger partial charge in [-0.1, -0.05) is 32.1 Å². The third-order valence-corrected chi connectivity index (χ3v) is 4.57. The molecule has 1 aliphatic rings. The zero-order chi connectivity index (χ0) is 16.6.